The van der Waals surface area contributed by atoms with E-state index >= 15 is 0 Å². The monoisotopic (exact) mass is 216 g/mol. The van der Waals surface area contributed by atoms with E-state index in [0.29, 0.717) is 18.3 Å². The lowest BCUT2D eigenvalue weighted by molar-refractivity contribution is 0.0702. The molecule has 0 radical (unpaired) electrons. The second-order valence-electron chi connectivity index (χ2n) is 2.73. The number of aromatic nitrogens is 1. The van der Waals surface area contributed by atoms with Gasteiger partial charge in [-0.05, 0) is 0 Å². The Hall–Kier alpha value is -1.14. The minimum atomic E-state index is -0.936. The first-order valence-corrected chi connectivity index (χ1v) is 4.86. The largest absolute Gasteiger partial charge is 0.477 e. The van der Waals surface area contributed by atoms with Crippen LogP contribution in [0.5, 0.6) is 0 Å². The van der Waals surface area contributed by atoms with Gasteiger partial charge in [-0.25, -0.2) is 9.78 Å². The van der Waals surface area contributed by atoms with E-state index in [1.807, 2.05) is 11.9 Å². The molecule has 1 aromatic heterocycles. The highest BCUT2D eigenvalue weighted by molar-refractivity contribution is 7.17. The number of methoxy groups -OCH3 is 1. The maximum Gasteiger partial charge on any atom is 0.347 e. The molecule has 0 aliphatic heterocycles. The highest BCUT2D eigenvalue weighted by atomic mass is 32.1. The normalized spacial score (nSPS) is 10.1. The predicted molar refractivity (Wildman–Crippen MR) is 54.2 cm³/mol. The first kappa shape index (κ1) is 10.9. The number of carboxylic acids is 1. The second-order valence-corrected chi connectivity index (χ2v) is 3.74. The molecule has 0 saturated heterocycles. The molecule has 0 aliphatic carbocycles. The SMILES string of the molecule is COCCN(C)c1ncc(C(=O)O)s1. The minimum absolute atomic E-state index is 0.254. The van der Waals surface area contributed by atoms with Crippen molar-refractivity contribution in [2.75, 3.05) is 32.2 Å². The Labute approximate surface area is 85.9 Å². The van der Waals surface area contributed by atoms with Crippen molar-refractivity contribution in [2.24, 2.45) is 0 Å². The number of thiazole rings is 1. The van der Waals surface area contributed by atoms with Crippen molar-refractivity contribution in [1.29, 1.82) is 0 Å². The van der Waals surface area contributed by atoms with Crippen LogP contribution >= 0.6 is 11.3 Å². The molecule has 6 heteroatoms. The van der Waals surface area contributed by atoms with E-state index in [4.69, 9.17) is 9.84 Å². The second kappa shape index (κ2) is 4.92. The molecular formula is C8H12N2O3S. The zero-order valence-corrected chi connectivity index (χ0v) is 8.87. The van der Waals surface area contributed by atoms with Crippen LogP contribution in [0.4, 0.5) is 5.13 Å². The lowest BCUT2D eigenvalue weighted by Crippen LogP contribution is -2.21. The van der Waals surface area contributed by atoms with Crippen molar-refractivity contribution in [3.8, 4) is 0 Å². The molecule has 1 rings (SSSR count). The quantitative estimate of drug-likeness (QED) is 0.793. The summed E-state index contributed by atoms with van der Waals surface area (Å²) < 4.78 is 4.91. The van der Waals surface area contributed by atoms with Crippen molar-refractivity contribution in [1.82, 2.24) is 4.98 Å². The van der Waals surface area contributed by atoms with E-state index in [9.17, 15) is 4.79 Å². The van der Waals surface area contributed by atoms with Crippen LogP contribution in [-0.4, -0.2) is 43.4 Å². The average Bonchev–Trinajstić information content (AvgIpc) is 2.62. The van der Waals surface area contributed by atoms with E-state index < -0.39 is 5.97 Å². The van der Waals surface area contributed by atoms with Gasteiger partial charge in [0.2, 0.25) is 0 Å². The Morgan fingerprint density at radius 3 is 3.00 bits per heavy atom. The number of carboxylic acid groups (broad SMARTS) is 1. The average molecular weight is 216 g/mol. The van der Waals surface area contributed by atoms with Gasteiger partial charge < -0.3 is 14.7 Å². The number of rotatable bonds is 5. The summed E-state index contributed by atoms with van der Waals surface area (Å²) in [5, 5.41) is 9.38. The smallest absolute Gasteiger partial charge is 0.347 e. The van der Waals surface area contributed by atoms with Gasteiger partial charge >= 0.3 is 5.97 Å². The van der Waals surface area contributed by atoms with Gasteiger partial charge in [0.15, 0.2) is 5.13 Å². The molecule has 0 spiro atoms. The number of ether oxygens (including phenoxy) is 1. The van der Waals surface area contributed by atoms with E-state index in [1.165, 1.54) is 6.20 Å². The summed E-state index contributed by atoms with van der Waals surface area (Å²) in [6.45, 7) is 1.29. The summed E-state index contributed by atoms with van der Waals surface area (Å²) in [4.78, 5) is 16.7. The predicted octanol–water partition coefficient (Wildman–Crippen LogP) is 0.924. The van der Waals surface area contributed by atoms with Crippen molar-refractivity contribution < 1.29 is 14.6 Å². The number of hydrogen-bond donors (Lipinski definition) is 1. The zero-order chi connectivity index (χ0) is 10.6. The molecule has 5 nitrogen and oxygen atoms in total. The van der Waals surface area contributed by atoms with E-state index in [0.717, 1.165) is 11.3 Å². The first-order valence-electron chi connectivity index (χ1n) is 4.04. The number of hydrogen-bond acceptors (Lipinski definition) is 5. The van der Waals surface area contributed by atoms with Gasteiger partial charge in [-0.2, -0.15) is 0 Å². The Morgan fingerprint density at radius 2 is 2.50 bits per heavy atom. The van der Waals surface area contributed by atoms with Crippen LogP contribution in [0, 0.1) is 0 Å². The topological polar surface area (TPSA) is 62.7 Å². The van der Waals surface area contributed by atoms with E-state index in [1.54, 1.807) is 7.11 Å². The van der Waals surface area contributed by atoms with Gasteiger partial charge in [0.25, 0.3) is 0 Å². The molecular weight excluding hydrogens is 204 g/mol. The zero-order valence-electron chi connectivity index (χ0n) is 8.06. The molecule has 0 fully saturated rings. The summed E-state index contributed by atoms with van der Waals surface area (Å²) in [7, 11) is 3.47. The highest BCUT2D eigenvalue weighted by Crippen LogP contribution is 2.20. The molecule has 0 aromatic carbocycles. The third-order valence-electron chi connectivity index (χ3n) is 1.66. The Kier molecular flexibility index (Phi) is 3.84. The third-order valence-corrected chi connectivity index (χ3v) is 2.76. The molecule has 78 valence electrons. The van der Waals surface area contributed by atoms with E-state index in [2.05, 4.69) is 4.98 Å². The molecule has 0 unspecified atom stereocenters. The molecule has 0 aliphatic rings. The number of carbonyl (C=O) groups is 1. The van der Waals surface area contributed by atoms with Crippen LogP contribution in [-0.2, 0) is 4.74 Å². The van der Waals surface area contributed by atoms with Crippen LogP contribution in [0.25, 0.3) is 0 Å². The summed E-state index contributed by atoms with van der Waals surface area (Å²) >= 11 is 1.16. The molecule has 0 atom stereocenters. The Bertz CT molecular complexity index is 313. The molecule has 1 aromatic rings. The van der Waals surface area contributed by atoms with Crippen molar-refractivity contribution in [3.05, 3.63) is 11.1 Å². The van der Waals surface area contributed by atoms with Crippen LogP contribution < -0.4 is 4.90 Å². The van der Waals surface area contributed by atoms with Crippen molar-refractivity contribution in [2.45, 2.75) is 0 Å². The van der Waals surface area contributed by atoms with Crippen LogP contribution in [0.3, 0.4) is 0 Å². The molecule has 0 bridgehead atoms. The fourth-order valence-electron chi connectivity index (χ4n) is 0.864. The maximum absolute atomic E-state index is 10.6. The van der Waals surface area contributed by atoms with Gasteiger partial charge in [0.1, 0.15) is 4.88 Å². The fraction of sp³-hybridized carbons (Fsp3) is 0.500. The van der Waals surface area contributed by atoms with Crippen LogP contribution in [0.1, 0.15) is 9.67 Å². The summed E-state index contributed by atoms with van der Waals surface area (Å²) in [6, 6.07) is 0. The number of aromatic carboxylic acids is 1. The summed E-state index contributed by atoms with van der Waals surface area (Å²) in [5.41, 5.74) is 0. The molecule has 0 amide bonds. The van der Waals surface area contributed by atoms with Gasteiger partial charge in [0, 0.05) is 20.7 Å². The van der Waals surface area contributed by atoms with Crippen molar-refractivity contribution in [3.63, 3.8) is 0 Å². The van der Waals surface area contributed by atoms with Gasteiger partial charge in [0.05, 0.1) is 12.8 Å². The van der Waals surface area contributed by atoms with Crippen LogP contribution in [0.2, 0.25) is 0 Å². The number of likely N-dealkylation sites (N-methyl/N-ethyl adjacent to an activating group) is 1. The van der Waals surface area contributed by atoms with Gasteiger partial charge in [-0.15, -0.1) is 0 Å². The number of nitrogens with zero attached hydrogens (tertiary/aromatic N) is 2. The van der Waals surface area contributed by atoms with Crippen molar-refractivity contribution >= 4 is 22.4 Å². The molecule has 1 heterocycles. The Morgan fingerprint density at radius 1 is 1.79 bits per heavy atom. The fourth-order valence-corrected chi connectivity index (χ4v) is 1.61. The minimum Gasteiger partial charge on any atom is -0.477 e. The lowest BCUT2D eigenvalue weighted by atomic mass is 10.6. The van der Waals surface area contributed by atoms with Crippen LogP contribution in [0.15, 0.2) is 6.20 Å². The lowest BCUT2D eigenvalue weighted by Gasteiger charge is -2.14. The van der Waals surface area contributed by atoms with Gasteiger partial charge in [-0.1, -0.05) is 11.3 Å². The standard InChI is InChI=1S/C8H12N2O3S/c1-10(3-4-13-2)8-9-5-6(14-8)7(11)12/h5H,3-4H2,1-2H3,(H,11,12). The molecule has 14 heavy (non-hydrogen) atoms. The number of anilines is 1. The Balaban J connectivity index is 2.61. The third kappa shape index (κ3) is 2.68. The van der Waals surface area contributed by atoms with Gasteiger partial charge in [-0.3, -0.25) is 0 Å². The maximum atomic E-state index is 10.6. The first-order chi connectivity index (χ1) is 6.65. The molecule has 1 N–H and O–H groups in total. The summed E-state index contributed by atoms with van der Waals surface area (Å²) in [6.07, 6.45) is 1.37. The van der Waals surface area contributed by atoms with E-state index in [-0.39, 0.29) is 4.88 Å². The summed E-state index contributed by atoms with van der Waals surface area (Å²) in [5.74, 6) is -0.936. The highest BCUT2D eigenvalue weighted by Gasteiger charge is 2.10. The molecule has 0 saturated carbocycles.